The minimum Gasteiger partial charge on any atom is -0.205 e. The Bertz CT molecular complexity index is 140. The molecule has 1 aromatic heterocycles. The predicted octanol–water partition coefficient (Wildman–Crippen LogP) is 1.68. The van der Waals surface area contributed by atoms with Crippen LogP contribution in [0.2, 0.25) is 0 Å². The molecule has 0 aliphatic rings. The Morgan fingerprint density at radius 3 is 2.57 bits per heavy atom. The van der Waals surface area contributed by atoms with Gasteiger partial charge in [-0.1, -0.05) is 0 Å². The summed E-state index contributed by atoms with van der Waals surface area (Å²) >= 11 is 0. The highest BCUT2D eigenvalue weighted by Gasteiger charge is 1.94. The van der Waals surface area contributed by atoms with Crippen molar-refractivity contribution >= 4 is 10.5 Å². The van der Waals surface area contributed by atoms with Gasteiger partial charge >= 0.3 is 0 Å². The monoisotopic (exact) mass is 114 g/mol. The van der Waals surface area contributed by atoms with E-state index in [1.165, 1.54) is 0 Å². The maximum atomic E-state index is 4.07. The zero-order valence-electron chi connectivity index (χ0n) is 4.51. The molecule has 0 saturated heterocycles. The highest BCUT2D eigenvalue weighted by atomic mass is 32.2. The molecule has 0 fully saturated rings. The van der Waals surface area contributed by atoms with E-state index in [0.717, 1.165) is 5.69 Å². The van der Waals surface area contributed by atoms with Crippen LogP contribution in [0.25, 0.3) is 0 Å². The molecule has 1 aromatic rings. The minimum absolute atomic E-state index is 0.343. The molecular weight excluding hydrogens is 106 g/mol. The summed E-state index contributed by atoms with van der Waals surface area (Å²) in [6.07, 6.45) is 2.15. The second kappa shape index (κ2) is 1.62. The van der Waals surface area contributed by atoms with Gasteiger partial charge in [0.25, 0.3) is 0 Å². The van der Waals surface area contributed by atoms with Crippen LogP contribution in [0.1, 0.15) is 5.69 Å². The third kappa shape index (κ3) is 0.996. The van der Waals surface area contributed by atoms with Gasteiger partial charge in [0.05, 0.1) is 5.69 Å². The number of aryl methyl sites for hydroxylation is 2. The minimum atomic E-state index is 0.343. The highest BCUT2D eigenvalue weighted by molar-refractivity contribution is 7.26. The summed E-state index contributed by atoms with van der Waals surface area (Å²) in [5, 5.41) is 2.17. The van der Waals surface area contributed by atoms with Gasteiger partial charge in [-0.2, -0.15) is 0 Å². The van der Waals surface area contributed by atoms with Gasteiger partial charge in [-0.15, -0.1) is 0 Å². The smallest absolute Gasteiger partial charge is 0.205 e. The lowest BCUT2D eigenvalue weighted by Gasteiger charge is -1.61. The van der Waals surface area contributed by atoms with Crippen LogP contribution in [0, 0.1) is 6.92 Å². The lowest BCUT2D eigenvalue weighted by Crippen LogP contribution is -1.59. The zero-order valence-corrected chi connectivity index (χ0v) is 5.33. The second-order valence-electron chi connectivity index (χ2n) is 1.60. The van der Waals surface area contributed by atoms with E-state index in [9.17, 15) is 0 Å². The molecular formula is C5H8NS+. The maximum absolute atomic E-state index is 4.07. The van der Waals surface area contributed by atoms with Crippen molar-refractivity contribution in [3.8, 4) is 0 Å². The molecule has 1 unspecified atom stereocenters. The van der Waals surface area contributed by atoms with Crippen molar-refractivity contribution in [1.82, 2.24) is 4.98 Å². The summed E-state index contributed by atoms with van der Waals surface area (Å²) in [6.45, 7) is 2.02. The fourth-order valence-electron chi connectivity index (χ4n) is 0.496. The van der Waals surface area contributed by atoms with E-state index < -0.39 is 0 Å². The molecule has 1 nitrogen and oxygen atoms in total. The first-order valence-electron chi connectivity index (χ1n) is 2.15. The predicted molar refractivity (Wildman–Crippen MR) is 32.4 cm³/mol. The average Bonchev–Trinajstić information content (AvgIpc) is 1.87. The van der Waals surface area contributed by atoms with E-state index >= 15 is 0 Å². The number of nitrogens with zero attached hydrogens (tertiary/aromatic N) is 1. The van der Waals surface area contributed by atoms with Crippen LogP contribution in [0.15, 0.2) is 10.9 Å². The molecule has 0 aliphatic carbocycles. The van der Waals surface area contributed by atoms with Crippen molar-refractivity contribution in [1.29, 1.82) is 0 Å². The molecule has 0 aliphatic heterocycles. The van der Waals surface area contributed by atoms with E-state index in [1.807, 2.05) is 12.4 Å². The van der Waals surface area contributed by atoms with Gasteiger partial charge < -0.3 is 0 Å². The summed E-state index contributed by atoms with van der Waals surface area (Å²) in [7, 11) is 0.343. The van der Waals surface area contributed by atoms with Crippen LogP contribution in [0.5, 0.6) is 0 Å². The maximum Gasteiger partial charge on any atom is 0.229 e. The van der Waals surface area contributed by atoms with Gasteiger partial charge in [0.2, 0.25) is 5.51 Å². The fraction of sp³-hybridized carbons (Fsp3) is 0.400. The number of thiazole rings is 1. The lowest BCUT2D eigenvalue weighted by molar-refractivity contribution is 1.27. The van der Waals surface area contributed by atoms with Crippen molar-refractivity contribution in [3.63, 3.8) is 0 Å². The summed E-state index contributed by atoms with van der Waals surface area (Å²) in [4.78, 5) is 4.07. The van der Waals surface area contributed by atoms with E-state index in [4.69, 9.17) is 0 Å². The number of hydrogen-bond donors (Lipinski definition) is 0. The summed E-state index contributed by atoms with van der Waals surface area (Å²) < 4.78 is 0. The molecule has 0 N–H and O–H groups in total. The van der Waals surface area contributed by atoms with Gasteiger partial charge in [0.15, 0.2) is 5.38 Å². The molecule has 1 heterocycles. The lowest BCUT2D eigenvalue weighted by atomic mass is 10.6. The van der Waals surface area contributed by atoms with Crippen LogP contribution in [-0.4, -0.2) is 4.98 Å². The molecule has 7 heavy (non-hydrogen) atoms. The van der Waals surface area contributed by atoms with Crippen LogP contribution in [0.4, 0.5) is 0 Å². The number of rotatable bonds is 0. The molecule has 0 aromatic carbocycles. The second-order valence-corrected chi connectivity index (χ2v) is 3.26. The molecule has 1 rings (SSSR count). The topological polar surface area (TPSA) is 12.9 Å². The Labute approximate surface area is 46.0 Å². The summed E-state index contributed by atoms with van der Waals surface area (Å²) in [5.74, 6) is 0. The third-order valence-electron chi connectivity index (χ3n) is 0.779. The SMILES string of the molecule is Cc1c[s+](C)cn1. The molecule has 2 heteroatoms. The Morgan fingerprint density at radius 1 is 1.71 bits per heavy atom. The normalized spacial score (nSPS) is 12.0. The Hall–Kier alpha value is -0.370. The van der Waals surface area contributed by atoms with Gasteiger partial charge in [-0.3, -0.25) is 0 Å². The van der Waals surface area contributed by atoms with Crippen LogP contribution >= 0.6 is 10.5 Å². The molecule has 0 radical (unpaired) electrons. The zero-order chi connectivity index (χ0) is 5.28. The first-order chi connectivity index (χ1) is 3.29. The van der Waals surface area contributed by atoms with E-state index in [-0.39, 0.29) is 0 Å². The van der Waals surface area contributed by atoms with Crippen LogP contribution < -0.4 is 0 Å². The van der Waals surface area contributed by atoms with E-state index in [2.05, 4.69) is 16.6 Å². The van der Waals surface area contributed by atoms with Gasteiger partial charge in [-0.05, 0) is 17.4 Å². The number of hydrogen-bond acceptors (Lipinski definition) is 1. The molecule has 0 saturated carbocycles. The highest BCUT2D eigenvalue weighted by Crippen LogP contribution is 2.10. The van der Waals surface area contributed by atoms with Crippen molar-refractivity contribution in [2.24, 2.45) is 6.26 Å². The summed E-state index contributed by atoms with van der Waals surface area (Å²) in [6, 6.07) is 0. The number of aromatic nitrogens is 1. The largest absolute Gasteiger partial charge is 0.229 e. The van der Waals surface area contributed by atoms with Crippen molar-refractivity contribution < 1.29 is 0 Å². The Morgan fingerprint density at radius 2 is 2.43 bits per heavy atom. The van der Waals surface area contributed by atoms with Gasteiger partial charge in [-0.25, -0.2) is 4.98 Å². The van der Waals surface area contributed by atoms with Crippen LogP contribution in [-0.2, 0) is 6.26 Å². The molecule has 0 spiro atoms. The molecule has 1 atom stereocenters. The van der Waals surface area contributed by atoms with E-state index in [0.29, 0.717) is 10.5 Å². The standard InChI is InChI=1S/C5H8NS/c1-5-3-7(2)4-6-5/h3-4H,1-2H3/q+1. The van der Waals surface area contributed by atoms with E-state index in [1.54, 1.807) is 0 Å². The first-order valence-corrected chi connectivity index (χ1v) is 3.91. The molecule has 0 bridgehead atoms. The summed E-state index contributed by atoms with van der Waals surface area (Å²) in [5.41, 5.74) is 3.14. The van der Waals surface area contributed by atoms with Crippen molar-refractivity contribution in [2.75, 3.05) is 0 Å². The van der Waals surface area contributed by atoms with Crippen molar-refractivity contribution in [2.45, 2.75) is 6.92 Å². The molecule has 0 amide bonds. The van der Waals surface area contributed by atoms with Crippen LogP contribution in [0.3, 0.4) is 0 Å². The Balaban J connectivity index is 3.04. The Kier molecular flexibility index (Phi) is 1.11. The van der Waals surface area contributed by atoms with Gasteiger partial charge in [0.1, 0.15) is 6.26 Å². The van der Waals surface area contributed by atoms with Gasteiger partial charge in [0, 0.05) is 0 Å². The average molecular weight is 114 g/mol. The first kappa shape index (κ1) is 4.78. The quantitative estimate of drug-likeness (QED) is 0.467. The van der Waals surface area contributed by atoms with Crippen molar-refractivity contribution in [3.05, 3.63) is 16.6 Å². The fourth-order valence-corrected chi connectivity index (χ4v) is 1.49. The molecule has 38 valence electrons. The third-order valence-corrected chi connectivity index (χ3v) is 1.93.